The van der Waals surface area contributed by atoms with Gasteiger partial charge in [-0.05, 0) is 42.0 Å². The third-order valence-corrected chi connectivity index (χ3v) is 7.08. The molecule has 0 saturated heterocycles. The number of aromatic nitrogens is 1. The molecule has 6 nitrogen and oxygen atoms in total. The predicted molar refractivity (Wildman–Crippen MR) is 124 cm³/mol. The molecule has 0 spiro atoms. The van der Waals surface area contributed by atoms with Gasteiger partial charge >= 0.3 is 5.63 Å². The van der Waals surface area contributed by atoms with Gasteiger partial charge in [-0.1, -0.05) is 43.3 Å². The summed E-state index contributed by atoms with van der Waals surface area (Å²) in [5, 5.41) is 11.4. The molecule has 1 N–H and O–H groups in total. The average molecular weight is 468 g/mol. The first-order valence-electron chi connectivity index (χ1n) is 9.81. The summed E-state index contributed by atoms with van der Waals surface area (Å²) in [5.74, 6) is 0.276. The van der Waals surface area contributed by atoms with Gasteiger partial charge in [0.2, 0.25) is 0 Å². The van der Waals surface area contributed by atoms with Gasteiger partial charge in [-0.25, -0.2) is 4.79 Å². The topological polar surface area (TPSA) is 81.7 Å². The Morgan fingerprint density at radius 2 is 1.91 bits per heavy atom. The molecule has 4 aromatic rings. The van der Waals surface area contributed by atoms with Crippen LogP contribution in [0.3, 0.4) is 0 Å². The van der Waals surface area contributed by atoms with Gasteiger partial charge in [-0.3, -0.25) is 9.36 Å². The summed E-state index contributed by atoms with van der Waals surface area (Å²) in [6.07, 6.45) is 0. The molecule has 0 amide bonds. The van der Waals surface area contributed by atoms with Crippen molar-refractivity contribution in [3.8, 4) is 17.2 Å². The van der Waals surface area contributed by atoms with E-state index >= 15 is 0 Å². The molecule has 32 heavy (non-hydrogen) atoms. The van der Waals surface area contributed by atoms with Crippen LogP contribution in [0.4, 0.5) is 0 Å². The van der Waals surface area contributed by atoms with E-state index in [1.165, 1.54) is 0 Å². The minimum Gasteiger partial charge on any atom is -0.505 e. The minimum atomic E-state index is -0.723. The second-order valence-corrected chi connectivity index (χ2v) is 9.56. The lowest BCUT2D eigenvalue weighted by Crippen LogP contribution is -2.24. The van der Waals surface area contributed by atoms with Gasteiger partial charge in [-0.2, -0.15) is 0 Å². The number of benzene rings is 2. The van der Waals surface area contributed by atoms with E-state index in [1.54, 1.807) is 48.1 Å². The molecule has 0 saturated carbocycles. The van der Waals surface area contributed by atoms with Crippen molar-refractivity contribution in [3.05, 3.63) is 85.6 Å². The number of hydrogen-bond acceptors (Lipinski definition) is 6. The normalized spacial score (nSPS) is 13.8. The second-order valence-electron chi connectivity index (χ2n) is 8.04. The molecular formula is C24H18ClNO5S. The molecule has 2 aromatic carbocycles. The van der Waals surface area contributed by atoms with Crippen molar-refractivity contribution in [1.29, 1.82) is 0 Å². The number of rotatable bonds is 3. The predicted octanol–water partition coefficient (Wildman–Crippen LogP) is 5.10. The number of ether oxygens (including phenoxy) is 1. The zero-order chi connectivity index (χ0) is 22.8. The van der Waals surface area contributed by atoms with E-state index in [4.69, 9.17) is 20.8 Å². The Kier molecular flexibility index (Phi) is 4.65. The lowest BCUT2D eigenvalue weighted by atomic mass is 9.83. The van der Waals surface area contributed by atoms with Crippen LogP contribution in [0.25, 0.3) is 16.7 Å². The molecule has 8 heteroatoms. The third kappa shape index (κ3) is 2.96. The zero-order valence-corrected chi connectivity index (χ0v) is 19.0. The van der Waals surface area contributed by atoms with Gasteiger partial charge in [0, 0.05) is 27.1 Å². The van der Waals surface area contributed by atoms with Crippen molar-refractivity contribution in [1.82, 2.24) is 4.57 Å². The van der Waals surface area contributed by atoms with Crippen LogP contribution in [0.2, 0.25) is 5.02 Å². The summed E-state index contributed by atoms with van der Waals surface area (Å²) in [4.78, 5) is 26.9. The van der Waals surface area contributed by atoms with E-state index in [1.807, 2.05) is 26.0 Å². The Bertz CT molecular complexity index is 1540. The lowest BCUT2D eigenvalue weighted by molar-refractivity contribution is 0.413. The Morgan fingerprint density at radius 3 is 2.62 bits per heavy atom. The molecule has 0 fully saturated rings. The highest BCUT2D eigenvalue weighted by atomic mass is 35.5. The summed E-state index contributed by atoms with van der Waals surface area (Å²) in [5.41, 5.74) is 0.595. The fourth-order valence-electron chi connectivity index (χ4n) is 4.16. The van der Waals surface area contributed by atoms with Crippen LogP contribution in [0.15, 0.2) is 72.3 Å². The zero-order valence-electron chi connectivity index (χ0n) is 17.4. The van der Waals surface area contributed by atoms with Crippen molar-refractivity contribution < 1.29 is 14.3 Å². The molecule has 162 valence electrons. The summed E-state index contributed by atoms with van der Waals surface area (Å²) >= 11 is 7.03. The highest BCUT2D eigenvalue weighted by molar-refractivity contribution is 7.99. The highest BCUT2D eigenvalue weighted by Gasteiger charge is 2.38. The van der Waals surface area contributed by atoms with Crippen LogP contribution >= 0.6 is 23.4 Å². The van der Waals surface area contributed by atoms with Crippen LogP contribution < -0.4 is 15.9 Å². The molecule has 1 aliphatic heterocycles. The minimum absolute atomic E-state index is 0.0441. The van der Waals surface area contributed by atoms with Crippen molar-refractivity contribution in [2.45, 2.75) is 29.1 Å². The van der Waals surface area contributed by atoms with E-state index in [9.17, 15) is 14.7 Å². The van der Waals surface area contributed by atoms with Crippen molar-refractivity contribution in [3.63, 3.8) is 0 Å². The fourth-order valence-corrected chi connectivity index (χ4v) is 5.30. The van der Waals surface area contributed by atoms with Crippen molar-refractivity contribution >= 4 is 34.3 Å². The Morgan fingerprint density at radius 1 is 1.12 bits per heavy atom. The summed E-state index contributed by atoms with van der Waals surface area (Å²) in [6.45, 7) is 3.97. The molecule has 0 aliphatic carbocycles. The maximum absolute atomic E-state index is 13.6. The molecule has 5 rings (SSSR count). The number of aromatic hydroxyl groups is 1. The highest BCUT2D eigenvalue weighted by Crippen LogP contribution is 2.45. The lowest BCUT2D eigenvalue weighted by Gasteiger charge is -2.20. The van der Waals surface area contributed by atoms with E-state index < -0.39 is 22.3 Å². The molecule has 1 aliphatic rings. The Hall–Kier alpha value is -3.16. The molecule has 0 radical (unpaired) electrons. The van der Waals surface area contributed by atoms with Gasteiger partial charge < -0.3 is 14.3 Å². The molecule has 2 aromatic heterocycles. The molecule has 0 atom stereocenters. The van der Waals surface area contributed by atoms with E-state index in [-0.39, 0.29) is 15.9 Å². The first kappa shape index (κ1) is 20.7. The number of nitrogens with zero attached hydrogens (tertiary/aromatic N) is 1. The van der Waals surface area contributed by atoms with Crippen molar-refractivity contribution in [2.24, 2.45) is 0 Å². The van der Waals surface area contributed by atoms with Crippen LogP contribution in [-0.4, -0.2) is 16.8 Å². The Balaban J connectivity index is 1.78. The SMILES string of the molecule is COc1ccc2c(c1)C(C)(C)c1cc3oc(=O)c(Sc4cccc(Cl)c4)c(O)c3c(=O)n1-2. The summed E-state index contributed by atoms with van der Waals surface area (Å²) in [6, 6.07) is 14.0. The summed E-state index contributed by atoms with van der Waals surface area (Å²) < 4.78 is 12.4. The largest absolute Gasteiger partial charge is 0.505 e. The van der Waals surface area contributed by atoms with Crippen LogP contribution in [-0.2, 0) is 5.41 Å². The number of hydrogen-bond donors (Lipinski definition) is 1. The third-order valence-electron chi connectivity index (χ3n) is 5.79. The van der Waals surface area contributed by atoms with Gasteiger partial charge in [0.25, 0.3) is 5.56 Å². The summed E-state index contributed by atoms with van der Waals surface area (Å²) in [7, 11) is 1.59. The van der Waals surface area contributed by atoms with Crippen LogP contribution in [0, 0.1) is 0 Å². The molecule has 0 bridgehead atoms. The van der Waals surface area contributed by atoms with Crippen LogP contribution in [0.5, 0.6) is 11.5 Å². The average Bonchev–Trinajstić information content (AvgIpc) is 2.97. The van der Waals surface area contributed by atoms with Gasteiger partial charge in [0.1, 0.15) is 21.6 Å². The Labute approximate surface area is 192 Å². The first-order valence-corrected chi connectivity index (χ1v) is 11.0. The van der Waals surface area contributed by atoms with Crippen molar-refractivity contribution in [2.75, 3.05) is 7.11 Å². The number of fused-ring (bicyclic) bond motifs is 4. The number of methoxy groups -OCH3 is 1. The van der Waals surface area contributed by atoms with Gasteiger partial charge in [0.15, 0.2) is 5.75 Å². The number of pyridine rings is 1. The molecular weight excluding hydrogens is 450 g/mol. The second kappa shape index (κ2) is 7.18. The van der Waals surface area contributed by atoms with Crippen LogP contribution in [0.1, 0.15) is 25.1 Å². The smallest absolute Gasteiger partial charge is 0.354 e. The molecule has 0 unspecified atom stereocenters. The first-order chi connectivity index (χ1) is 15.2. The quantitative estimate of drug-likeness (QED) is 0.451. The van der Waals surface area contributed by atoms with E-state index in [0.717, 1.165) is 17.3 Å². The monoisotopic (exact) mass is 467 g/mol. The van der Waals surface area contributed by atoms with E-state index in [2.05, 4.69) is 0 Å². The van der Waals surface area contributed by atoms with E-state index in [0.29, 0.717) is 27.0 Å². The maximum atomic E-state index is 13.6. The maximum Gasteiger partial charge on any atom is 0.354 e. The van der Waals surface area contributed by atoms with Gasteiger partial charge in [0.05, 0.1) is 12.8 Å². The number of halogens is 1. The standard InChI is InChI=1S/C24H18ClNO5S/c1-24(2)15-10-13(30-3)7-8-16(15)26-18(24)11-17-19(22(26)28)20(27)21(23(29)31-17)32-14-6-4-5-12(25)9-14/h4-11,27H,1-3H3. The molecule has 3 heterocycles. The fraction of sp³-hybridized carbons (Fsp3) is 0.167. The van der Waals surface area contributed by atoms with Gasteiger partial charge in [-0.15, -0.1) is 0 Å².